The van der Waals surface area contributed by atoms with Gasteiger partial charge < -0.3 is 16.2 Å². The summed E-state index contributed by atoms with van der Waals surface area (Å²) >= 11 is 0. The normalized spacial score (nSPS) is 12.2. The monoisotopic (exact) mass is 236 g/mol. The average molecular weight is 236 g/mol. The molecule has 0 radical (unpaired) electrons. The van der Waals surface area contributed by atoms with Gasteiger partial charge in [0.25, 0.3) is 0 Å². The average Bonchev–Trinajstić information content (AvgIpc) is 2.25. The third kappa shape index (κ3) is 3.46. The third-order valence-electron chi connectivity index (χ3n) is 2.75. The first-order valence-corrected chi connectivity index (χ1v) is 5.76. The Morgan fingerprint density at radius 3 is 2.71 bits per heavy atom. The van der Waals surface area contributed by atoms with Gasteiger partial charge in [0.15, 0.2) is 0 Å². The zero-order chi connectivity index (χ0) is 13.0. The molecule has 1 rings (SSSR count). The molecule has 0 saturated heterocycles. The van der Waals surface area contributed by atoms with Crippen LogP contribution in [0.4, 0.5) is 5.69 Å². The van der Waals surface area contributed by atoms with E-state index >= 15 is 0 Å². The van der Waals surface area contributed by atoms with Crippen LogP contribution in [0.2, 0.25) is 0 Å². The summed E-state index contributed by atoms with van der Waals surface area (Å²) in [6.45, 7) is 6.03. The maximum Gasteiger partial charge on any atom is 0.227 e. The number of phenols is 1. The van der Waals surface area contributed by atoms with Crippen molar-refractivity contribution in [2.45, 2.75) is 27.2 Å². The van der Waals surface area contributed by atoms with Crippen LogP contribution in [0.3, 0.4) is 0 Å². The number of nitrogens with one attached hydrogen (secondary N) is 1. The van der Waals surface area contributed by atoms with Crippen molar-refractivity contribution in [1.82, 2.24) is 0 Å². The second-order valence-electron chi connectivity index (χ2n) is 4.45. The standard InChI is InChI=1S/C13H20N2O2/c1-8-6-10(3)12(16)11(7-8)15-13(17)9(2)4-5-14/h6-7,9,16H,4-5,14H2,1-3H3,(H,15,17). The van der Waals surface area contributed by atoms with Crippen molar-refractivity contribution in [2.75, 3.05) is 11.9 Å². The Balaban J connectivity index is 2.85. The van der Waals surface area contributed by atoms with Crippen molar-refractivity contribution in [3.05, 3.63) is 23.3 Å². The van der Waals surface area contributed by atoms with Gasteiger partial charge in [0, 0.05) is 5.92 Å². The largest absolute Gasteiger partial charge is 0.505 e. The summed E-state index contributed by atoms with van der Waals surface area (Å²) in [6, 6.07) is 3.63. The van der Waals surface area contributed by atoms with E-state index in [1.54, 1.807) is 13.0 Å². The summed E-state index contributed by atoms with van der Waals surface area (Å²) in [5.41, 5.74) is 7.64. The summed E-state index contributed by atoms with van der Waals surface area (Å²) < 4.78 is 0. The van der Waals surface area contributed by atoms with E-state index in [4.69, 9.17) is 5.73 Å². The first-order valence-electron chi connectivity index (χ1n) is 5.76. The molecule has 17 heavy (non-hydrogen) atoms. The molecular weight excluding hydrogens is 216 g/mol. The molecule has 0 spiro atoms. The highest BCUT2D eigenvalue weighted by atomic mass is 16.3. The van der Waals surface area contributed by atoms with Gasteiger partial charge in [-0.1, -0.05) is 13.0 Å². The van der Waals surface area contributed by atoms with E-state index in [0.29, 0.717) is 18.7 Å². The summed E-state index contributed by atoms with van der Waals surface area (Å²) in [4.78, 5) is 11.8. The Kier molecular flexibility index (Phi) is 4.52. The van der Waals surface area contributed by atoms with Crippen molar-refractivity contribution in [3.8, 4) is 5.75 Å². The maximum atomic E-state index is 11.8. The number of anilines is 1. The smallest absolute Gasteiger partial charge is 0.227 e. The number of aromatic hydroxyl groups is 1. The van der Waals surface area contributed by atoms with Gasteiger partial charge in [0.2, 0.25) is 5.91 Å². The zero-order valence-corrected chi connectivity index (χ0v) is 10.6. The second-order valence-corrected chi connectivity index (χ2v) is 4.45. The fourth-order valence-electron chi connectivity index (χ4n) is 1.69. The molecule has 0 aliphatic carbocycles. The second kappa shape index (κ2) is 5.68. The molecule has 4 heteroatoms. The highest BCUT2D eigenvalue weighted by Gasteiger charge is 2.14. The predicted octanol–water partition coefficient (Wildman–Crippen LogP) is 1.93. The van der Waals surface area contributed by atoms with Gasteiger partial charge in [0.05, 0.1) is 5.69 Å². The van der Waals surface area contributed by atoms with Crippen molar-refractivity contribution in [2.24, 2.45) is 11.7 Å². The molecule has 0 saturated carbocycles. The number of hydrogen-bond acceptors (Lipinski definition) is 3. The molecule has 4 N–H and O–H groups in total. The molecule has 1 aromatic rings. The minimum absolute atomic E-state index is 0.115. The molecular formula is C13H20N2O2. The van der Waals surface area contributed by atoms with Gasteiger partial charge in [-0.05, 0) is 44.0 Å². The number of carbonyl (C=O) groups is 1. The number of nitrogens with two attached hydrogens (primary N) is 1. The van der Waals surface area contributed by atoms with E-state index in [9.17, 15) is 9.90 Å². The number of phenolic OH excluding ortho intramolecular Hbond substituents is 1. The summed E-state index contributed by atoms with van der Waals surface area (Å²) in [7, 11) is 0. The molecule has 0 fully saturated rings. The van der Waals surface area contributed by atoms with Gasteiger partial charge in [-0.15, -0.1) is 0 Å². The van der Waals surface area contributed by atoms with Crippen LogP contribution in [-0.2, 0) is 4.79 Å². The van der Waals surface area contributed by atoms with Gasteiger partial charge in [-0.3, -0.25) is 4.79 Å². The Hall–Kier alpha value is -1.55. The van der Waals surface area contributed by atoms with Gasteiger partial charge in [-0.25, -0.2) is 0 Å². The third-order valence-corrected chi connectivity index (χ3v) is 2.75. The molecule has 0 aliphatic rings. The lowest BCUT2D eigenvalue weighted by atomic mass is 10.1. The fourth-order valence-corrected chi connectivity index (χ4v) is 1.69. The number of aryl methyl sites for hydroxylation is 2. The van der Waals surface area contributed by atoms with Crippen LogP contribution in [-0.4, -0.2) is 17.6 Å². The first kappa shape index (κ1) is 13.5. The Bertz CT molecular complexity index is 416. The molecule has 0 aliphatic heterocycles. The van der Waals surface area contributed by atoms with Crippen LogP contribution in [0.1, 0.15) is 24.5 Å². The van der Waals surface area contributed by atoms with Gasteiger partial charge in [-0.2, -0.15) is 0 Å². The van der Waals surface area contributed by atoms with E-state index in [1.807, 2.05) is 19.9 Å². The number of carbonyl (C=O) groups excluding carboxylic acids is 1. The molecule has 1 unspecified atom stereocenters. The van der Waals surface area contributed by atoms with Gasteiger partial charge >= 0.3 is 0 Å². The van der Waals surface area contributed by atoms with Crippen molar-refractivity contribution in [1.29, 1.82) is 0 Å². The van der Waals surface area contributed by atoms with Gasteiger partial charge in [0.1, 0.15) is 5.75 Å². The Labute approximate surface area is 102 Å². The van der Waals surface area contributed by atoms with Crippen molar-refractivity contribution >= 4 is 11.6 Å². The summed E-state index contributed by atoms with van der Waals surface area (Å²) in [5, 5.41) is 12.6. The molecule has 4 nitrogen and oxygen atoms in total. The molecule has 1 aromatic carbocycles. The molecule has 94 valence electrons. The van der Waals surface area contributed by atoms with E-state index < -0.39 is 0 Å². The van der Waals surface area contributed by atoms with Crippen molar-refractivity contribution in [3.63, 3.8) is 0 Å². The molecule has 0 aromatic heterocycles. The van der Waals surface area contributed by atoms with Crippen LogP contribution in [0.5, 0.6) is 5.75 Å². The number of benzene rings is 1. The number of amides is 1. The number of rotatable bonds is 4. The van der Waals surface area contributed by atoms with Crippen LogP contribution in [0.15, 0.2) is 12.1 Å². The van der Waals surface area contributed by atoms with E-state index in [1.165, 1.54) is 0 Å². The zero-order valence-electron chi connectivity index (χ0n) is 10.6. The lowest BCUT2D eigenvalue weighted by Gasteiger charge is -2.14. The molecule has 0 heterocycles. The minimum Gasteiger partial charge on any atom is -0.505 e. The fraction of sp³-hybridized carbons (Fsp3) is 0.462. The predicted molar refractivity (Wildman–Crippen MR) is 69.0 cm³/mol. The molecule has 1 atom stereocenters. The lowest BCUT2D eigenvalue weighted by molar-refractivity contribution is -0.119. The Morgan fingerprint density at radius 2 is 2.12 bits per heavy atom. The lowest BCUT2D eigenvalue weighted by Crippen LogP contribution is -2.22. The minimum atomic E-state index is -0.153. The summed E-state index contributed by atoms with van der Waals surface area (Å²) in [6.07, 6.45) is 0.636. The maximum absolute atomic E-state index is 11.8. The Morgan fingerprint density at radius 1 is 1.47 bits per heavy atom. The van der Waals surface area contributed by atoms with Crippen LogP contribution < -0.4 is 11.1 Å². The van der Waals surface area contributed by atoms with Crippen LogP contribution in [0, 0.1) is 19.8 Å². The quantitative estimate of drug-likeness (QED) is 0.699. The number of hydrogen-bond donors (Lipinski definition) is 3. The SMILES string of the molecule is Cc1cc(C)c(O)c(NC(=O)C(C)CCN)c1. The van der Waals surface area contributed by atoms with E-state index in [2.05, 4.69) is 5.32 Å². The highest BCUT2D eigenvalue weighted by Crippen LogP contribution is 2.29. The topological polar surface area (TPSA) is 75.3 Å². The van der Waals surface area contributed by atoms with Crippen LogP contribution >= 0.6 is 0 Å². The van der Waals surface area contributed by atoms with E-state index in [-0.39, 0.29) is 17.6 Å². The summed E-state index contributed by atoms with van der Waals surface area (Å²) in [5.74, 6) is -0.139. The van der Waals surface area contributed by atoms with Crippen molar-refractivity contribution < 1.29 is 9.90 Å². The highest BCUT2D eigenvalue weighted by molar-refractivity contribution is 5.94. The molecule has 0 bridgehead atoms. The van der Waals surface area contributed by atoms with Crippen LogP contribution in [0.25, 0.3) is 0 Å². The van der Waals surface area contributed by atoms with E-state index in [0.717, 1.165) is 11.1 Å². The molecule has 1 amide bonds. The first-order chi connectivity index (χ1) is 7.95.